The topological polar surface area (TPSA) is 115 Å². The smallest absolute Gasteiger partial charge is 0.257 e. The summed E-state index contributed by atoms with van der Waals surface area (Å²) in [5.74, 6) is -7.16. The first-order chi connectivity index (χ1) is 17.6. The molecule has 0 spiro atoms. The van der Waals surface area contributed by atoms with E-state index in [0.717, 1.165) is 30.9 Å². The molecule has 0 saturated carbocycles. The molecule has 2 atom stereocenters. The summed E-state index contributed by atoms with van der Waals surface area (Å²) in [5.41, 5.74) is 0.177. The van der Waals surface area contributed by atoms with Crippen molar-refractivity contribution in [3.8, 4) is 11.6 Å². The number of rotatable bonds is 7. The van der Waals surface area contributed by atoms with E-state index >= 15 is 0 Å². The number of aliphatic hydroxyl groups is 1. The predicted octanol–water partition coefficient (Wildman–Crippen LogP) is 3.12. The zero-order chi connectivity index (χ0) is 26.7. The number of pyridine rings is 1. The summed E-state index contributed by atoms with van der Waals surface area (Å²) in [7, 11) is 0. The lowest BCUT2D eigenvalue weighted by Crippen LogP contribution is -2.52. The van der Waals surface area contributed by atoms with Crippen LogP contribution in [-0.2, 0) is 11.4 Å². The molecule has 1 unspecified atom stereocenters. The van der Waals surface area contributed by atoms with Crippen LogP contribution < -0.4 is 14.8 Å². The molecule has 1 saturated heterocycles. The van der Waals surface area contributed by atoms with Crippen LogP contribution in [-0.4, -0.2) is 50.9 Å². The Kier molecular flexibility index (Phi) is 7.55. The molecular formula is C24H23F4N5O4. The van der Waals surface area contributed by atoms with Gasteiger partial charge in [-0.25, -0.2) is 27.5 Å². The summed E-state index contributed by atoms with van der Waals surface area (Å²) >= 11 is 0. The molecule has 3 heterocycles. The number of nitrogens with one attached hydrogen (secondary N) is 1. The second-order valence-corrected chi connectivity index (χ2v) is 8.59. The lowest BCUT2D eigenvalue weighted by atomic mass is 9.87. The number of aromatic nitrogens is 3. The molecule has 4 rings (SSSR count). The van der Waals surface area contributed by atoms with Crippen LogP contribution >= 0.6 is 0 Å². The van der Waals surface area contributed by atoms with Crippen molar-refractivity contribution in [2.45, 2.75) is 37.8 Å². The molecule has 0 aliphatic carbocycles. The van der Waals surface area contributed by atoms with E-state index < -0.39 is 54.2 Å². The SMILES string of the molecule is CC(C(=O)Nc1cnc(Oc2c(F)cc(F)cc2CO)cn1)N1CCC(F)(F)[C@@H](c2cc[n+]([O-])cc2)C1. The van der Waals surface area contributed by atoms with Crippen LogP contribution in [0.5, 0.6) is 11.6 Å². The summed E-state index contributed by atoms with van der Waals surface area (Å²) < 4.78 is 62.4. The second kappa shape index (κ2) is 10.6. The number of hydrogen-bond donors (Lipinski definition) is 2. The van der Waals surface area contributed by atoms with Crippen LogP contribution in [0.2, 0.25) is 0 Å². The average Bonchev–Trinajstić information content (AvgIpc) is 2.86. The monoisotopic (exact) mass is 521 g/mol. The maximum Gasteiger partial charge on any atom is 0.257 e. The van der Waals surface area contributed by atoms with E-state index in [9.17, 15) is 32.7 Å². The Morgan fingerprint density at radius 3 is 2.68 bits per heavy atom. The van der Waals surface area contributed by atoms with Gasteiger partial charge in [-0.05, 0) is 18.6 Å². The Bertz CT molecular complexity index is 1260. The molecule has 2 aromatic heterocycles. The Balaban J connectivity index is 1.41. The van der Waals surface area contributed by atoms with Crippen molar-refractivity contribution >= 4 is 11.7 Å². The zero-order valence-corrected chi connectivity index (χ0v) is 19.6. The van der Waals surface area contributed by atoms with E-state index in [1.165, 1.54) is 12.1 Å². The van der Waals surface area contributed by atoms with Crippen LogP contribution in [0, 0.1) is 16.8 Å². The minimum Gasteiger partial charge on any atom is -0.619 e. The fraction of sp³-hybridized carbons (Fsp3) is 0.333. The van der Waals surface area contributed by atoms with Crippen molar-refractivity contribution in [3.05, 3.63) is 77.0 Å². The van der Waals surface area contributed by atoms with Crippen molar-refractivity contribution in [1.29, 1.82) is 0 Å². The van der Waals surface area contributed by atoms with Crippen molar-refractivity contribution in [2.24, 2.45) is 0 Å². The van der Waals surface area contributed by atoms with Gasteiger partial charge in [0.15, 0.2) is 29.8 Å². The molecule has 0 bridgehead atoms. The normalized spacial score (nSPS) is 18.3. The highest BCUT2D eigenvalue weighted by molar-refractivity contribution is 5.93. The van der Waals surface area contributed by atoms with E-state index in [1.807, 2.05) is 0 Å². The van der Waals surface area contributed by atoms with Gasteiger partial charge in [0.05, 0.1) is 31.0 Å². The molecule has 1 aliphatic heterocycles. The standard InChI is InChI=1S/C24H23F4N5O4/c1-14(32-7-4-24(27,28)18(12-32)15-2-5-33(36)6-3-15)23(35)31-20-10-30-21(11-29-20)37-22-16(13-34)8-17(25)9-19(22)26/h2-3,5-6,8-11,14,18,34H,4,7,12-13H2,1H3,(H,29,31,35)/t14?,18-/m1/s1. The molecule has 196 valence electrons. The van der Waals surface area contributed by atoms with Crippen molar-refractivity contribution in [2.75, 3.05) is 18.4 Å². The molecule has 1 fully saturated rings. The third-order valence-corrected chi connectivity index (χ3v) is 6.16. The number of anilines is 1. The van der Waals surface area contributed by atoms with Crippen LogP contribution in [0.3, 0.4) is 0 Å². The molecule has 0 radical (unpaired) electrons. The minimum absolute atomic E-state index is 0.0125. The summed E-state index contributed by atoms with van der Waals surface area (Å²) in [6, 6.07) is 3.42. The van der Waals surface area contributed by atoms with Gasteiger partial charge in [0.2, 0.25) is 11.8 Å². The molecule has 37 heavy (non-hydrogen) atoms. The average molecular weight is 521 g/mol. The van der Waals surface area contributed by atoms with Gasteiger partial charge in [-0.2, -0.15) is 4.73 Å². The molecule has 1 amide bonds. The second-order valence-electron chi connectivity index (χ2n) is 8.59. The largest absolute Gasteiger partial charge is 0.619 e. The van der Waals surface area contributed by atoms with E-state index in [4.69, 9.17) is 4.74 Å². The number of hydrogen-bond acceptors (Lipinski definition) is 7. The number of ether oxygens (including phenoxy) is 1. The Morgan fingerprint density at radius 1 is 1.30 bits per heavy atom. The minimum atomic E-state index is -3.00. The lowest BCUT2D eigenvalue weighted by Gasteiger charge is -2.40. The Labute approximate surface area is 208 Å². The first kappa shape index (κ1) is 26.2. The summed E-state index contributed by atoms with van der Waals surface area (Å²) in [4.78, 5) is 22.3. The number of halogens is 4. The van der Waals surface area contributed by atoms with Gasteiger partial charge in [-0.1, -0.05) is 0 Å². The van der Waals surface area contributed by atoms with E-state index in [2.05, 4.69) is 15.3 Å². The van der Waals surface area contributed by atoms with Crippen molar-refractivity contribution < 1.29 is 36.9 Å². The van der Waals surface area contributed by atoms with Crippen molar-refractivity contribution in [1.82, 2.24) is 14.9 Å². The van der Waals surface area contributed by atoms with E-state index in [0.29, 0.717) is 16.4 Å². The molecular weight excluding hydrogens is 498 g/mol. The first-order valence-corrected chi connectivity index (χ1v) is 11.3. The number of amides is 1. The summed E-state index contributed by atoms with van der Waals surface area (Å²) in [6.45, 7) is 0.793. The van der Waals surface area contributed by atoms with Crippen LogP contribution in [0.15, 0.2) is 49.1 Å². The van der Waals surface area contributed by atoms with Crippen LogP contribution in [0.4, 0.5) is 23.4 Å². The van der Waals surface area contributed by atoms with E-state index in [-0.39, 0.29) is 30.4 Å². The molecule has 13 heteroatoms. The number of nitrogens with zero attached hydrogens (tertiary/aromatic N) is 4. The number of piperidine rings is 1. The molecule has 2 N–H and O–H groups in total. The number of carbonyl (C=O) groups excluding carboxylic acids is 1. The third-order valence-electron chi connectivity index (χ3n) is 6.16. The lowest BCUT2D eigenvalue weighted by molar-refractivity contribution is -0.605. The summed E-state index contributed by atoms with van der Waals surface area (Å²) in [6.07, 6.45) is 4.10. The maximum absolute atomic E-state index is 14.6. The Morgan fingerprint density at radius 2 is 2.03 bits per heavy atom. The highest BCUT2D eigenvalue weighted by Gasteiger charge is 2.46. The highest BCUT2D eigenvalue weighted by atomic mass is 19.3. The Hall–Kier alpha value is -3.84. The van der Waals surface area contributed by atoms with Gasteiger partial charge in [0, 0.05) is 43.3 Å². The van der Waals surface area contributed by atoms with Gasteiger partial charge in [0.25, 0.3) is 5.92 Å². The van der Waals surface area contributed by atoms with Gasteiger partial charge < -0.3 is 20.4 Å². The molecule has 1 aromatic carbocycles. The van der Waals surface area contributed by atoms with Crippen LogP contribution in [0.1, 0.15) is 30.4 Å². The predicted molar refractivity (Wildman–Crippen MR) is 122 cm³/mol. The first-order valence-electron chi connectivity index (χ1n) is 11.3. The highest BCUT2D eigenvalue weighted by Crippen LogP contribution is 2.40. The summed E-state index contributed by atoms with van der Waals surface area (Å²) in [5, 5.41) is 23.1. The van der Waals surface area contributed by atoms with Gasteiger partial charge in [-0.15, -0.1) is 0 Å². The third kappa shape index (κ3) is 5.94. The number of carbonyl (C=O) groups is 1. The van der Waals surface area contributed by atoms with Crippen LogP contribution in [0.25, 0.3) is 0 Å². The zero-order valence-electron chi connectivity index (χ0n) is 19.6. The fourth-order valence-corrected chi connectivity index (χ4v) is 4.06. The molecule has 1 aliphatic rings. The number of likely N-dealkylation sites (tertiary alicyclic amines) is 1. The van der Waals surface area contributed by atoms with Gasteiger partial charge in [-0.3, -0.25) is 9.69 Å². The molecule has 9 nitrogen and oxygen atoms in total. The number of benzene rings is 1. The van der Waals surface area contributed by atoms with Gasteiger partial charge in [0.1, 0.15) is 5.82 Å². The maximum atomic E-state index is 14.6. The number of alkyl halides is 2. The quantitative estimate of drug-likeness (QED) is 0.279. The van der Waals surface area contributed by atoms with Gasteiger partial charge >= 0.3 is 0 Å². The van der Waals surface area contributed by atoms with Crippen molar-refractivity contribution in [3.63, 3.8) is 0 Å². The fourth-order valence-electron chi connectivity index (χ4n) is 4.06. The molecule has 3 aromatic rings. The van der Waals surface area contributed by atoms with E-state index in [1.54, 1.807) is 11.8 Å². The number of aliphatic hydroxyl groups excluding tert-OH is 1.